The summed E-state index contributed by atoms with van der Waals surface area (Å²) < 4.78 is 0. The van der Waals surface area contributed by atoms with Gasteiger partial charge in [0, 0.05) is 13.1 Å². The van der Waals surface area contributed by atoms with Crippen molar-refractivity contribution in [3.8, 4) is 0 Å². The van der Waals surface area contributed by atoms with Gasteiger partial charge in [0.05, 0.1) is 11.4 Å². The minimum Gasteiger partial charge on any atom is -0.394 e. The van der Waals surface area contributed by atoms with Gasteiger partial charge in [-0.15, -0.1) is 0 Å². The van der Waals surface area contributed by atoms with Gasteiger partial charge in [0.1, 0.15) is 0 Å². The lowest BCUT2D eigenvalue weighted by Crippen LogP contribution is -2.41. The van der Waals surface area contributed by atoms with Crippen LogP contribution in [0, 0.1) is 12.3 Å². The highest BCUT2D eigenvalue weighted by Crippen LogP contribution is 2.45. The second-order valence-electron chi connectivity index (χ2n) is 6.36. The SMILES string of the molecule is Cc1nc(Cl)nc(N2CCC3(CCCCC3)CC2)c1N. The maximum absolute atomic E-state index is 6.13. The Balaban J connectivity index is 1.75. The van der Waals surface area contributed by atoms with E-state index in [0.717, 1.165) is 24.6 Å². The summed E-state index contributed by atoms with van der Waals surface area (Å²) in [5.41, 5.74) is 8.17. The fourth-order valence-electron chi connectivity index (χ4n) is 3.77. The standard InChI is InChI=1S/C15H23ClN4/c1-11-12(17)13(19-14(16)18-11)20-9-7-15(8-10-20)5-3-2-4-6-15/h2-10,17H2,1H3. The first-order chi connectivity index (χ1) is 9.60. The highest BCUT2D eigenvalue weighted by atomic mass is 35.5. The van der Waals surface area contributed by atoms with Crippen molar-refractivity contribution in [1.82, 2.24) is 9.97 Å². The third kappa shape index (κ3) is 2.58. The first-order valence-electron chi connectivity index (χ1n) is 7.64. The summed E-state index contributed by atoms with van der Waals surface area (Å²) in [6, 6.07) is 0. The van der Waals surface area contributed by atoms with Gasteiger partial charge in [0.2, 0.25) is 5.28 Å². The van der Waals surface area contributed by atoms with Gasteiger partial charge in [0.25, 0.3) is 0 Å². The average Bonchev–Trinajstić information content (AvgIpc) is 2.45. The summed E-state index contributed by atoms with van der Waals surface area (Å²) in [5, 5.41) is 0.296. The highest BCUT2D eigenvalue weighted by Gasteiger charge is 2.36. The fraction of sp³-hybridized carbons (Fsp3) is 0.733. The molecule has 1 aliphatic carbocycles. The van der Waals surface area contributed by atoms with E-state index in [4.69, 9.17) is 17.3 Å². The number of aromatic nitrogens is 2. The number of anilines is 2. The second kappa shape index (κ2) is 5.40. The molecule has 1 aromatic rings. The van der Waals surface area contributed by atoms with E-state index < -0.39 is 0 Å². The Bertz CT molecular complexity index is 487. The van der Waals surface area contributed by atoms with E-state index >= 15 is 0 Å². The molecule has 4 nitrogen and oxygen atoms in total. The number of hydrogen-bond donors (Lipinski definition) is 1. The van der Waals surface area contributed by atoms with Gasteiger partial charge in [-0.25, -0.2) is 4.98 Å². The van der Waals surface area contributed by atoms with Crippen molar-refractivity contribution < 1.29 is 0 Å². The molecule has 0 aromatic carbocycles. The summed E-state index contributed by atoms with van der Waals surface area (Å²) in [4.78, 5) is 10.7. The molecule has 0 unspecified atom stereocenters. The van der Waals surface area contributed by atoms with Crippen LogP contribution >= 0.6 is 11.6 Å². The van der Waals surface area contributed by atoms with Crippen LogP contribution in [0.3, 0.4) is 0 Å². The molecule has 3 rings (SSSR count). The summed E-state index contributed by atoms with van der Waals surface area (Å²) in [7, 11) is 0. The molecule has 1 aliphatic heterocycles. The molecule has 5 heteroatoms. The molecule has 20 heavy (non-hydrogen) atoms. The Hall–Kier alpha value is -1.03. The zero-order chi connectivity index (χ0) is 14.2. The monoisotopic (exact) mass is 294 g/mol. The smallest absolute Gasteiger partial charge is 0.224 e. The van der Waals surface area contributed by atoms with Crippen LogP contribution < -0.4 is 10.6 Å². The van der Waals surface area contributed by atoms with E-state index in [0.29, 0.717) is 16.4 Å². The zero-order valence-electron chi connectivity index (χ0n) is 12.2. The maximum Gasteiger partial charge on any atom is 0.224 e. The van der Waals surface area contributed by atoms with Crippen LogP contribution in [0.15, 0.2) is 0 Å². The molecule has 0 atom stereocenters. The van der Waals surface area contributed by atoms with Crippen molar-refractivity contribution in [2.75, 3.05) is 23.7 Å². The van der Waals surface area contributed by atoms with Crippen LogP contribution in [0.4, 0.5) is 11.5 Å². The number of halogens is 1. The molecular formula is C15H23ClN4. The summed E-state index contributed by atoms with van der Waals surface area (Å²) >= 11 is 5.98. The number of nitrogens with two attached hydrogens (primary N) is 1. The van der Waals surface area contributed by atoms with Gasteiger partial charge < -0.3 is 10.6 Å². The normalized spacial score (nSPS) is 22.2. The minimum atomic E-state index is 0.296. The first-order valence-corrected chi connectivity index (χ1v) is 8.02. The van der Waals surface area contributed by atoms with Gasteiger partial charge in [-0.3, -0.25) is 0 Å². The molecule has 0 radical (unpaired) electrons. The van der Waals surface area contributed by atoms with Gasteiger partial charge in [-0.2, -0.15) is 4.98 Å². The zero-order valence-corrected chi connectivity index (χ0v) is 12.9. The number of hydrogen-bond acceptors (Lipinski definition) is 4. The van der Waals surface area contributed by atoms with Gasteiger partial charge in [0.15, 0.2) is 5.82 Å². The quantitative estimate of drug-likeness (QED) is 0.805. The van der Waals surface area contributed by atoms with E-state index in [9.17, 15) is 0 Å². The van der Waals surface area contributed by atoms with Crippen LogP contribution in [0.2, 0.25) is 5.28 Å². The molecule has 1 saturated carbocycles. The number of piperidine rings is 1. The predicted molar refractivity (Wildman–Crippen MR) is 83.2 cm³/mol. The van der Waals surface area contributed by atoms with Crippen molar-refractivity contribution in [2.24, 2.45) is 5.41 Å². The average molecular weight is 295 g/mol. The Morgan fingerprint density at radius 1 is 1.05 bits per heavy atom. The molecule has 0 bridgehead atoms. The van der Waals surface area contributed by atoms with E-state index in [1.54, 1.807) is 0 Å². The van der Waals surface area contributed by atoms with Crippen LogP contribution in [-0.2, 0) is 0 Å². The van der Waals surface area contributed by atoms with Crippen LogP contribution in [0.1, 0.15) is 50.6 Å². The molecule has 0 amide bonds. The van der Waals surface area contributed by atoms with Crippen molar-refractivity contribution >= 4 is 23.1 Å². The Kier molecular flexibility index (Phi) is 3.76. The Morgan fingerprint density at radius 3 is 2.35 bits per heavy atom. The third-order valence-corrected chi connectivity index (χ3v) is 5.30. The molecule has 110 valence electrons. The molecule has 2 heterocycles. The predicted octanol–water partition coefficient (Wildman–Crippen LogP) is 3.57. The first kappa shape index (κ1) is 13.9. The van der Waals surface area contributed by atoms with Crippen molar-refractivity contribution in [3.63, 3.8) is 0 Å². The van der Waals surface area contributed by atoms with Crippen LogP contribution in [-0.4, -0.2) is 23.1 Å². The lowest BCUT2D eigenvalue weighted by molar-refractivity contribution is 0.144. The molecule has 1 saturated heterocycles. The van der Waals surface area contributed by atoms with Crippen molar-refractivity contribution in [2.45, 2.75) is 51.9 Å². The van der Waals surface area contributed by atoms with E-state index in [1.807, 2.05) is 6.92 Å². The van der Waals surface area contributed by atoms with Crippen LogP contribution in [0.25, 0.3) is 0 Å². The number of rotatable bonds is 1. The van der Waals surface area contributed by atoms with Gasteiger partial charge in [-0.05, 0) is 49.6 Å². The minimum absolute atomic E-state index is 0.296. The molecule has 1 aromatic heterocycles. The lowest BCUT2D eigenvalue weighted by atomic mass is 9.68. The molecular weight excluding hydrogens is 272 g/mol. The maximum atomic E-state index is 6.13. The van der Waals surface area contributed by atoms with Gasteiger partial charge >= 0.3 is 0 Å². The Labute approximate surface area is 125 Å². The third-order valence-electron chi connectivity index (χ3n) is 5.13. The number of nitrogen functional groups attached to an aromatic ring is 1. The summed E-state index contributed by atoms with van der Waals surface area (Å²) in [6.45, 7) is 3.97. The Morgan fingerprint density at radius 2 is 1.70 bits per heavy atom. The van der Waals surface area contributed by atoms with Crippen molar-refractivity contribution in [1.29, 1.82) is 0 Å². The topological polar surface area (TPSA) is 55.0 Å². The largest absolute Gasteiger partial charge is 0.394 e. The van der Waals surface area contributed by atoms with E-state index in [1.165, 1.54) is 44.9 Å². The van der Waals surface area contributed by atoms with E-state index in [-0.39, 0.29) is 0 Å². The van der Waals surface area contributed by atoms with Crippen LogP contribution in [0.5, 0.6) is 0 Å². The molecule has 2 fully saturated rings. The molecule has 1 spiro atoms. The van der Waals surface area contributed by atoms with Gasteiger partial charge in [-0.1, -0.05) is 19.3 Å². The highest BCUT2D eigenvalue weighted by molar-refractivity contribution is 6.28. The lowest BCUT2D eigenvalue weighted by Gasteiger charge is -2.44. The molecule has 2 aliphatic rings. The van der Waals surface area contributed by atoms with Crippen molar-refractivity contribution in [3.05, 3.63) is 11.0 Å². The second-order valence-corrected chi connectivity index (χ2v) is 6.70. The fourth-order valence-corrected chi connectivity index (χ4v) is 3.98. The van der Waals surface area contributed by atoms with E-state index in [2.05, 4.69) is 14.9 Å². The number of aryl methyl sites for hydroxylation is 1. The molecule has 2 N–H and O–H groups in total. The summed E-state index contributed by atoms with van der Waals surface area (Å²) in [5.74, 6) is 0.827. The summed E-state index contributed by atoms with van der Waals surface area (Å²) in [6.07, 6.45) is 9.54. The number of nitrogens with zero attached hydrogens (tertiary/aromatic N) is 3.